The van der Waals surface area contributed by atoms with Gasteiger partial charge in [-0.2, -0.15) is 0 Å². The Morgan fingerprint density at radius 3 is 2.84 bits per heavy atom. The summed E-state index contributed by atoms with van der Waals surface area (Å²) in [4.78, 5) is 32.1. The number of urea groups is 1. The Kier molecular flexibility index (Phi) is 4.28. The van der Waals surface area contributed by atoms with Gasteiger partial charge < -0.3 is 5.32 Å². The molecule has 0 bridgehead atoms. The topological polar surface area (TPSA) is 62.3 Å². The molecule has 0 spiro atoms. The number of anilines is 1. The first-order valence-electron chi connectivity index (χ1n) is 10.6. The average Bonchev–Trinajstić information content (AvgIpc) is 3.27. The molecule has 1 saturated heterocycles. The minimum atomic E-state index is -0.349. The van der Waals surface area contributed by atoms with Crippen LogP contribution in [0, 0.1) is 5.92 Å². The van der Waals surface area contributed by atoms with Gasteiger partial charge in [-0.3, -0.25) is 9.78 Å². The number of carbonyl (C=O) groups excluding carboxylic acids is 2. The van der Waals surface area contributed by atoms with E-state index < -0.39 is 0 Å². The second-order valence-electron chi connectivity index (χ2n) is 8.44. The summed E-state index contributed by atoms with van der Waals surface area (Å²) in [6, 6.07) is 16.0. The maximum Gasteiger partial charge on any atom is 0.329 e. The first-order valence-corrected chi connectivity index (χ1v) is 11.5. The first-order chi connectivity index (χ1) is 15.2. The monoisotopic (exact) mass is 427 g/mol. The highest BCUT2D eigenvalue weighted by molar-refractivity contribution is 7.17. The van der Waals surface area contributed by atoms with Crippen LogP contribution in [0.3, 0.4) is 0 Å². The van der Waals surface area contributed by atoms with E-state index in [1.54, 1.807) is 23.7 Å². The van der Waals surface area contributed by atoms with Gasteiger partial charge in [0.15, 0.2) is 0 Å². The van der Waals surface area contributed by atoms with Crippen molar-refractivity contribution in [2.24, 2.45) is 5.92 Å². The van der Waals surface area contributed by atoms with Crippen molar-refractivity contribution in [3.63, 3.8) is 0 Å². The lowest BCUT2D eigenvalue weighted by Gasteiger charge is -2.42. The van der Waals surface area contributed by atoms with Crippen LogP contribution in [0.1, 0.15) is 30.7 Å². The maximum atomic E-state index is 13.4. The van der Waals surface area contributed by atoms with E-state index in [1.807, 2.05) is 24.3 Å². The normalized spacial score (nSPS) is 23.7. The Labute approximate surface area is 183 Å². The van der Waals surface area contributed by atoms with E-state index in [9.17, 15) is 9.59 Å². The fraction of sp³-hybridized carbons (Fsp3) is 0.240. The van der Waals surface area contributed by atoms with Crippen LogP contribution in [0.2, 0.25) is 0 Å². The van der Waals surface area contributed by atoms with Crippen molar-refractivity contribution >= 4 is 49.8 Å². The van der Waals surface area contributed by atoms with Crippen molar-refractivity contribution < 1.29 is 9.59 Å². The predicted octanol–water partition coefficient (Wildman–Crippen LogP) is 5.46. The number of amides is 3. The SMILES string of the molecule is O=C1NC2CC(c3ccc4sccc4c3)CCC2C(=O)N1c1cncc2ccccc12. The van der Waals surface area contributed by atoms with Gasteiger partial charge in [0.25, 0.3) is 0 Å². The average molecular weight is 428 g/mol. The van der Waals surface area contributed by atoms with Crippen LogP contribution in [0.5, 0.6) is 0 Å². The molecule has 4 aromatic rings. The zero-order valence-corrected chi connectivity index (χ0v) is 17.6. The lowest BCUT2D eigenvalue weighted by Crippen LogP contribution is -2.61. The second kappa shape index (κ2) is 7.17. The highest BCUT2D eigenvalue weighted by Crippen LogP contribution is 2.41. The number of fused-ring (bicyclic) bond motifs is 3. The largest absolute Gasteiger partial charge is 0.334 e. The van der Waals surface area contributed by atoms with Gasteiger partial charge in [0.05, 0.1) is 17.8 Å². The van der Waals surface area contributed by atoms with Gasteiger partial charge in [-0.1, -0.05) is 36.4 Å². The summed E-state index contributed by atoms with van der Waals surface area (Å²) in [6.45, 7) is 0. The molecular formula is C25H21N3O2S. The van der Waals surface area contributed by atoms with Gasteiger partial charge in [0.2, 0.25) is 5.91 Å². The van der Waals surface area contributed by atoms with Crippen molar-refractivity contribution in [3.05, 3.63) is 71.9 Å². The number of benzene rings is 2. The molecule has 5 nitrogen and oxygen atoms in total. The number of nitrogens with one attached hydrogen (secondary N) is 1. The van der Waals surface area contributed by atoms with Gasteiger partial charge in [-0.05, 0) is 53.6 Å². The third-order valence-electron chi connectivity index (χ3n) is 6.74. The second-order valence-corrected chi connectivity index (χ2v) is 9.39. The molecule has 1 N–H and O–H groups in total. The van der Waals surface area contributed by atoms with Crippen molar-refractivity contribution in [2.45, 2.75) is 31.2 Å². The summed E-state index contributed by atoms with van der Waals surface area (Å²) < 4.78 is 1.29. The number of rotatable bonds is 2. The number of pyridine rings is 1. The van der Waals surface area contributed by atoms with E-state index in [0.29, 0.717) is 11.6 Å². The zero-order valence-electron chi connectivity index (χ0n) is 16.8. The number of hydrogen-bond donors (Lipinski definition) is 1. The molecule has 154 valence electrons. The van der Waals surface area contributed by atoms with Crippen molar-refractivity contribution in [3.8, 4) is 0 Å². The van der Waals surface area contributed by atoms with Crippen LogP contribution in [0.4, 0.5) is 10.5 Å². The summed E-state index contributed by atoms with van der Waals surface area (Å²) in [5.74, 6) is 0.0425. The third-order valence-corrected chi connectivity index (χ3v) is 7.63. The molecular weight excluding hydrogens is 406 g/mol. The number of carbonyl (C=O) groups is 2. The molecule has 6 heteroatoms. The van der Waals surface area contributed by atoms with Crippen molar-refractivity contribution in [1.82, 2.24) is 10.3 Å². The summed E-state index contributed by atoms with van der Waals surface area (Å²) in [5, 5.41) is 8.29. The highest BCUT2D eigenvalue weighted by Gasteiger charge is 2.45. The minimum Gasteiger partial charge on any atom is -0.334 e. The Morgan fingerprint density at radius 2 is 1.90 bits per heavy atom. The Hall–Kier alpha value is -3.25. The van der Waals surface area contributed by atoms with Crippen LogP contribution in [0.15, 0.2) is 66.3 Å². The number of hydrogen-bond acceptors (Lipinski definition) is 4. The van der Waals surface area contributed by atoms with Gasteiger partial charge in [-0.25, -0.2) is 9.69 Å². The van der Waals surface area contributed by atoms with Crippen LogP contribution in [0.25, 0.3) is 20.9 Å². The van der Waals surface area contributed by atoms with Crippen LogP contribution in [-0.4, -0.2) is 23.0 Å². The molecule has 6 rings (SSSR count). The Bertz CT molecular complexity index is 1330. The highest BCUT2D eigenvalue weighted by atomic mass is 32.1. The first kappa shape index (κ1) is 18.5. The molecule has 3 heterocycles. The smallest absolute Gasteiger partial charge is 0.329 e. The van der Waals surface area contributed by atoms with Crippen LogP contribution >= 0.6 is 11.3 Å². The van der Waals surface area contributed by atoms with Gasteiger partial charge in [0, 0.05) is 27.7 Å². The fourth-order valence-electron chi connectivity index (χ4n) is 5.16. The van der Waals surface area contributed by atoms with Gasteiger partial charge in [-0.15, -0.1) is 11.3 Å². The fourth-order valence-corrected chi connectivity index (χ4v) is 5.93. The molecule has 3 atom stereocenters. The van der Waals surface area contributed by atoms with E-state index >= 15 is 0 Å². The third kappa shape index (κ3) is 3.01. The molecule has 2 aromatic heterocycles. The van der Waals surface area contributed by atoms with Crippen LogP contribution < -0.4 is 10.2 Å². The van der Waals surface area contributed by atoms with Crippen LogP contribution in [-0.2, 0) is 4.79 Å². The number of thiophene rings is 1. The molecule has 1 aliphatic heterocycles. The molecule has 2 aliphatic rings. The van der Waals surface area contributed by atoms with Gasteiger partial charge in [0.1, 0.15) is 0 Å². The molecule has 31 heavy (non-hydrogen) atoms. The molecule has 2 fully saturated rings. The van der Waals surface area contributed by atoms with Crippen molar-refractivity contribution in [1.29, 1.82) is 0 Å². The summed E-state index contributed by atoms with van der Waals surface area (Å²) in [6.07, 6.45) is 5.87. The Morgan fingerprint density at radius 1 is 1.00 bits per heavy atom. The molecule has 1 saturated carbocycles. The summed E-state index contributed by atoms with van der Waals surface area (Å²) in [5.41, 5.74) is 1.86. The van der Waals surface area contributed by atoms with E-state index in [0.717, 1.165) is 30.0 Å². The van der Waals surface area contributed by atoms with E-state index in [-0.39, 0.29) is 23.9 Å². The molecule has 2 aromatic carbocycles. The number of imide groups is 1. The number of nitrogens with zero attached hydrogens (tertiary/aromatic N) is 2. The minimum absolute atomic E-state index is 0.112. The van der Waals surface area contributed by atoms with Crippen molar-refractivity contribution in [2.75, 3.05) is 4.90 Å². The molecule has 0 radical (unpaired) electrons. The van der Waals surface area contributed by atoms with Gasteiger partial charge >= 0.3 is 6.03 Å². The quantitative estimate of drug-likeness (QED) is 0.462. The maximum absolute atomic E-state index is 13.4. The summed E-state index contributed by atoms with van der Waals surface area (Å²) in [7, 11) is 0. The van der Waals surface area contributed by atoms with E-state index in [1.165, 1.54) is 20.5 Å². The lowest BCUT2D eigenvalue weighted by molar-refractivity contribution is -0.124. The molecule has 3 amide bonds. The van der Waals surface area contributed by atoms with E-state index in [2.05, 4.69) is 39.9 Å². The molecule has 1 aliphatic carbocycles. The predicted molar refractivity (Wildman–Crippen MR) is 123 cm³/mol. The zero-order chi connectivity index (χ0) is 20.9. The Balaban J connectivity index is 1.29. The number of aromatic nitrogens is 1. The standard InChI is InChI=1S/C25H21N3O2S/c29-24-20-7-5-16(15-6-8-23-17(11-15)9-10-31-23)12-21(20)27-25(30)28(24)22-14-26-13-18-3-1-2-4-19(18)22/h1-4,6,8-11,13-14,16,20-21H,5,7,12H2,(H,27,30). The summed E-state index contributed by atoms with van der Waals surface area (Å²) >= 11 is 1.75. The van der Waals surface area contributed by atoms with E-state index in [4.69, 9.17) is 0 Å². The lowest BCUT2D eigenvalue weighted by atomic mass is 9.74. The molecule has 3 unspecified atom stereocenters.